The van der Waals surface area contributed by atoms with E-state index in [4.69, 9.17) is 10.8 Å². The van der Waals surface area contributed by atoms with Crippen LogP contribution in [0.1, 0.15) is 93.9 Å². The fourth-order valence-electron chi connectivity index (χ4n) is 4.74. The lowest BCUT2D eigenvalue weighted by molar-refractivity contribution is -0.144. The zero-order valence-corrected chi connectivity index (χ0v) is 29.7. The van der Waals surface area contributed by atoms with Crippen LogP contribution in [0.3, 0.4) is 0 Å². The highest BCUT2D eigenvalue weighted by molar-refractivity contribution is 5.97. The van der Waals surface area contributed by atoms with Gasteiger partial charge in [0.15, 0.2) is 0 Å². The maximum atomic E-state index is 13.5. The Labute approximate surface area is 287 Å². The Balaban J connectivity index is 6.10. The molecule has 0 spiro atoms. The van der Waals surface area contributed by atoms with Crippen molar-refractivity contribution in [2.45, 2.75) is 130 Å². The first-order chi connectivity index (χ1) is 22.6. The van der Waals surface area contributed by atoms with E-state index in [1.165, 1.54) is 0 Å². The minimum atomic E-state index is -1.69. The van der Waals surface area contributed by atoms with E-state index in [1.807, 2.05) is 0 Å². The Morgan fingerprint density at radius 1 is 0.571 bits per heavy atom. The van der Waals surface area contributed by atoms with Gasteiger partial charge in [-0.15, -0.1) is 0 Å². The van der Waals surface area contributed by atoms with Crippen LogP contribution in [-0.2, 0) is 38.4 Å². The van der Waals surface area contributed by atoms with Gasteiger partial charge < -0.3 is 47.6 Å². The molecule has 10 N–H and O–H groups in total. The lowest BCUT2D eigenvalue weighted by Crippen LogP contribution is -2.60. The third-order valence-electron chi connectivity index (χ3n) is 7.72. The van der Waals surface area contributed by atoms with Crippen LogP contribution in [0.4, 0.5) is 0 Å². The molecule has 0 rings (SSSR count). The Kier molecular flexibility index (Phi) is 19.8. The molecule has 49 heavy (non-hydrogen) atoms. The third-order valence-corrected chi connectivity index (χ3v) is 7.72. The highest BCUT2D eigenvalue weighted by atomic mass is 16.4. The number of carboxylic acid groups (broad SMARTS) is 3. The molecule has 0 aromatic rings. The lowest BCUT2D eigenvalue weighted by atomic mass is 9.97. The molecule has 17 heteroatoms. The molecule has 0 aliphatic heterocycles. The quantitative estimate of drug-likeness (QED) is 0.0679. The number of hydrogen-bond donors (Lipinski definition) is 9. The summed E-state index contributed by atoms with van der Waals surface area (Å²) in [6.45, 7) is 13.7. The first kappa shape index (κ1) is 44.7. The van der Waals surface area contributed by atoms with E-state index in [0.29, 0.717) is 6.42 Å². The maximum absolute atomic E-state index is 13.5. The van der Waals surface area contributed by atoms with Crippen molar-refractivity contribution in [2.24, 2.45) is 29.4 Å². The maximum Gasteiger partial charge on any atom is 0.326 e. The summed E-state index contributed by atoms with van der Waals surface area (Å²) in [7, 11) is 0. The Morgan fingerprint density at radius 2 is 1.00 bits per heavy atom. The molecule has 0 aliphatic carbocycles. The Bertz CT molecular complexity index is 1180. The van der Waals surface area contributed by atoms with Crippen molar-refractivity contribution >= 4 is 47.4 Å². The van der Waals surface area contributed by atoms with Gasteiger partial charge in [0.1, 0.15) is 30.2 Å². The molecule has 0 aliphatic rings. The number of nitrogens with one attached hydrogen (secondary N) is 5. The molecule has 0 aromatic heterocycles. The Hall–Kier alpha value is -4.28. The number of carbonyl (C=O) groups is 8. The van der Waals surface area contributed by atoms with Gasteiger partial charge in [0.25, 0.3) is 0 Å². The average molecular weight is 701 g/mol. The largest absolute Gasteiger partial charge is 0.481 e. The second kappa shape index (κ2) is 21.6. The molecule has 0 heterocycles. The van der Waals surface area contributed by atoms with Crippen LogP contribution in [-0.4, -0.2) is 99.0 Å². The second-order valence-electron chi connectivity index (χ2n) is 13.5. The fourth-order valence-corrected chi connectivity index (χ4v) is 4.74. The summed E-state index contributed by atoms with van der Waals surface area (Å²) in [6, 6.07) is -7.84. The molecule has 280 valence electrons. The molecule has 17 nitrogen and oxygen atoms in total. The van der Waals surface area contributed by atoms with Crippen molar-refractivity contribution in [3.63, 3.8) is 0 Å². The van der Waals surface area contributed by atoms with Crippen LogP contribution < -0.4 is 32.3 Å². The van der Waals surface area contributed by atoms with Gasteiger partial charge in [-0.05, 0) is 42.9 Å². The summed E-state index contributed by atoms with van der Waals surface area (Å²) in [6.07, 6.45) is -0.788. The first-order valence-corrected chi connectivity index (χ1v) is 16.5. The topological polar surface area (TPSA) is 283 Å². The summed E-state index contributed by atoms with van der Waals surface area (Å²) in [5.74, 6) is -9.32. The van der Waals surface area contributed by atoms with Gasteiger partial charge in [-0.25, -0.2) is 4.79 Å². The predicted molar refractivity (Wildman–Crippen MR) is 178 cm³/mol. The second-order valence-corrected chi connectivity index (χ2v) is 13.5. The normalized spacial score (nSPS) is 15.6. The van der Waals surface area contributed by atoms with Gasteiger partial charge in [0.2, 0.25) is 29.5 Å². The average Bonchev–Trinajstić information content (AvgIpc) is 2.98. The van der Waals surface area contributed by atoms with Gasteiger partial charge in [-0.2, -0.15) is 0 Å². The van der Waals surface area contributed by atoms with Gasteiger partial charge in [0.05, 0.1) is 12.5 Å². The zero-order valence-electron chi connectivity index (χ0n) is 29.7. The van der Waals surface area contributed by atoms with E-state index in [1.54, 1.807) is 55.4 Å². The van der Waals surface area contributed by atoms with E-state index < -0.39 is 102 Å². The van der Waals surface area contributed by atoms with E-state index in [0.717, 1.165) is 0 Å². The molecule has 0 saturated heterocycles. The number of carboxylic acids is 3. The smallest absolute Gasteiger partial charge is 0.326 e. The van der Waals surface area contributed by atoms with Crippen LogP contribution in [0.2, 0.25) is 0 Å². The molecule has 0 unspecified atom stereocenters. The summed E-state index contributed by atoms with van der Waals surface area (Å²) in [4.78, 5) is 100. The minimum Gasteiger partial charge on any atom is -0.481 e. The molecule has 5 amide bonds. The molecule has 0 aromatic carbocycles. The van der Waals surface area contributed by atoms with E-state index in [-0.39, 0.29) is 37.5 Å². The number of nitrogens with two attached hydrogens (primary N) is 1. The van der Waals surface area contributed by atoms with E-state index in [9.17, 15) is 48.6 Å². The van der Waals surface area contributed by atoms with Gasteiger partial charge in [0, 0.05) is 6.42 Å². The number of hydrogen-bond acceptors (Lipinski definition) is 9. The monoisotopic (exact) mass is 700 g/mol. The number of carbonyl (C=O) groups excluding carboxylic acids is 5. The van der Waals surface area contributed by atoms with Crippen LogP contribution >= 0.6 is 0 Å². The minimum absolute atomic E-state index is 0.0604. The summed E-state index contributed by atoms with van der Waals surface area (Å²) in [5, 5.41) is 40.3. The molecule has 0 radical (unpaired) electrons. The predicted octanol–water partition coefficient (Wildman–Crippen LogP) is -0.0439. The van der Waals surface area contributed by atoms with Gasteiger partial charge in [-0.1, -0.05) is 61.8 Å². The summed E-state index contributed by atoms with van der Waals surface area (Å²) >= 11 is 0. The highest BCUT2D eigenvalue weighted by Crippen LogP contribution is 2.13. The molecule has 0 saturated carbocycles. The number of rotatable bonds is 23. The third kappa shape index (κ3) is 17.1. The Morgan fingerprint density at radius 3 is 1.39 bits per heavy atom. The molecule has 7 atom stereocenters. The number of amides is 5. The van der Waals surface area contributed by atoms with Crippen molar-refractivity contribution in [3.05, 3.63) is 0 Å². The molecular formula is C32H56N6O11. The van der Waals surface area contributed by atoms with E-state index >= 15 is 0 Å². The van der Waals surface area contributed by atoms with Crippen LogP contribution in [0.15, 0.2) is 0 Å². The van der Waals surface area contributed by atoms with Crippen molar-refractivity contribution in [1.29, 1.82) is 0 Å². The van der Waals surface area contributed by atoms with Crippen molar-refractivity contribution < 1.29 is 53.7 Å². The van der Waals surface area contributed by atoms with Crippen LogP contribution in [0.25, 0.3) is 0 Å². The standard InChI is InChI=1S/C32H56N6O11/c1-9-18(8)26(32(48)49)38-30(46)21(13-16(4)5)35-28(44)20(12-15(2)3)34-29(45)22(14-24(41)42)36-31(47)25(17(6)7)37-27(43)19(33)10-11-23(39)40/h15-22,25-26H,9-14,33H2,1-8H3,(H,34,45)(H,35,44)(H,36,47)(H,37,43)(H,38,46)(H,39,40)(H,41,42)(H,48,49)/t18-,19-,20-,21-,22-,25-,26-/m0/s1. The van der Waals surface area contributed by atoms with Gasteiger partial charge >= 0.3 is 17.9 Å². The van der Waals surface area contributed by atoms with Crippen molar-refractivity contribution in [1.82, 2.24) is 26.6 Å². The number of aliphatic carboxylic acids is 3. The first-order valence-electron chi connectivity index (χ1n) is 16.5. The molecular weight excluding hydrogens is 644 g/mol. The van der Waals surface area contributed by atoms with Gasteiger partial charge in [-0.3, -0.25) is 33.6 Å². The summed E-state index contributed by atoms with van der Waals surface area (Å²) in [5.41, 5.74) is 5.75. The van der Waals surface area contributed by atoms with Crippen LogP contribution in [0, 0.1) is 23.7 Å². The zero-order chi connectivity index (χ0) is 38.2. The van der Waals surface area contributed by atoms with Crippen LogP contribution in [0.5, 0.6) is 0 Å². The van der Waals surface area contributed by atoms with E-state index in [2.05, 4.69) is 26.6 Å². The lowest BCUT2D eigenvalue weighted by Gasteiger charge is -2.29. The molecule has 0 fully saturated rings. The fraction of sp³-hybridized carbons (Fsp3) is 0.750. The van der Waals surface area contributed by atoms with Crippen molar-refractivity contribution in [3.8, 4) is 0 Å². The highest BCUT2D eigenvalue weighted by Gasteiger charge is 2.35. The van der Waals surface area contributed by atoms with Crippen molar-refractivity contribution in [2.75, 3.05) is 0 Å². The summed E-state index contributed by atoms with van der Waals surface area (Å²) < 4.78 is 0. The SMILES string of the molecule is CC[C@H](C)[C@H](NC(=O)[C@H](CC(C)C)NC(=O)[C@H](CC(C)C)NC(=O)[C@H](CC(=O)O)NC(=O)[C@@H](NC(=O)[C@@H](N)CCC(=O)O)C(C)C)C(=O)O. The molecule has 0 bridgehead atoms.